The smallest absolute Gasteiger partial charge is 0.193 e. The molecule has 0 radical (unpaired) electrons. The Morgan fingerprint density at radius 2 is 1.92 bits per heavy atom. The number of para-hydroxylation sites is 2. The molecular formula is C18H31IN4O2. The summed E-state index contributed by atoms with van der Waals surface area (Å²) in [6.45, 7) is 9.24. The first-order valence-electron chi connectivity index (χ1n) is 8.72. The highest BCUT2D eigenvalue weighted by Crippen LogP contribution is 2.27. The standard InChI is InChI=1S/C18H30N4O2.HI/c1-15(2)24-14-6-9-20-18(19-3)22-12-10-21(11-13-22)16-7-4-5-8-17(16)23;/h4-5,7-8,15,23H,6,9-14H2,1-3H3,(H,19,20);1H. The van der Waals surface area contributed by atoms with Gasteiger partial charge < -0.3 is 25.0 Å². The van der Waals surface area contributed by atoms with Gasteiger partial charge in [-0.1, -0.05) is 12.1 Å². The molecule has 1 aliphatic rings. The van der Waals surface area contributed by atoms with Crippen molar-refractivity contribution in [2.75, 3.05) is 51.3 Å². The predicted octanol–water partition coefficient (Wildman–Crippen LogP) is 2.52. The Bertz CT molecular complexity index is 532. The quantitative estimate of drug-likeness (QED) is 0.295. The van der Waals surface area contributed by atoms with Crippen molar-refractivity contribution in [2.24, 2.45) is 4.99 Å². The molecule has 1 aromatic carbocycles. The Labute approximate surface area is 168 Å². The van der Waals surface area contributed by atoms with Crippen LogP contribution in [0.5, 0.6) is 5.75 Å². The maximum absolute atomic E-state index is 9.99. The summed E-state index contributed by atoms with van der Waals surface area (Å²) in [5, 5.41) is 13.4. The highest BCUT2D eigenvalue weighted by molar-refractivity contribution is 14.0. The third-order valence-corrected chi connectivity index (χ3v) is 4.07. The Balaban J connectivity index is 0.00000312. The molecule has 0 atom stereocenters. The zero-order valence-electron chi connectivity index (χ0n) is 15.4. The monoisotopic (exact) mass is 462 g/mol. The van der Waals surface area contributed by atoms with E-state index < -0.39 is 0 Å². The molecule has 1 saturated heterocycles. The molecule has 0 saturated carbocycles. The minimum Gasteiger partial charge on any atom is -0.506 e. The van der Waals surface area contributed by atoms with E-state index >= 15 is 0 Å². The molecule has 7 heteroatoms. The number of nitrogens with zero attached hydrogens (tertiary/aromatic N) is 3. The molecule has 2 N–H and O–H groups in total. The number of benzene rings is 1. The van der Waals surface area contributed by atoms with Crippen LogP contribution in [0.15, 0.2) is 29.3 Å². The van der Waals surface area contributed by atoms with Crippen LogP contribution in [-0.4, -0.2) is 68.4 Å². The number of hydrogen-bond acceptors (Lipinski definition) is 4. The average molecular weight is 462 g/mol. The zero-order valence-corrected chi connectivity index (χ0v) is 17.8. The number of aromatic hydroxyl groups is 1. The number of nitrogens with one attached hydrogen (secondary N) is 1. The van der Waals surface area contributed by atoms with Gasteiger partial charge in [-0.2, -0.15) is 0 Å². The lowest BCUT2D eigenvalue weighted by Gasteiger charge is -2.37. The lowest BCUT2D eigenvalue weighted by atomic mass is 10.2. The van der Waals surface area contributed by atoms with E-state index in [4.69, 9.17) is 4.74 Å². The molecule has 1 heterocycles. The molecule has 0 bridgehead atoms. The van der Waals surface area contributed by atoms with Crippen LogP contribution in [0.25, 0.3) is 0 Å². The molecule has 25 heavy (non-hydrogen) atoms. The van der Waals surface area contributed by atoms with Crippen LogP contribution in [0.3, 0.4) is 0 Å². The van der Waals surface area contributed by atoms with Crippen LogP contribution in [0, 0.1) is 0 Å². The Morgan fingerprint density at radius 1 is 1.24 bits per heavy atom. The number of piperazine rings is 1. The van der Waals surface area contributed by atoms with Gasteiger partial charge in [0.05, 0.1) is 11.8 Å². The fraction of sp³-hybridized carbons (Fsp3) is 0.611. The number of phenols is 1. The van der Waals surface area contributed by atoms with Gasteiger partial charge in [0.25, 0.3) is 0 Å². The van der Waals surface area contributed by atoms with Crippen LogP contribution in [0.2, 0.25) is 0 Å². The summed E-state index contributed by atoms with van der Waals surface area (Å²) < 4.78 is 5.55. The Kier molecular flexibility index (Phi) is 9.96. The number of anilines is 1. The largest absolute Gasteiger partial charge is 0.506 e. The number of ether oxygens (including phenoxy) is 1. The van der Waals surface area contributed by atoms with Crippen LogP contribution in [-0.2, 0) is 4.74 Å². The summed E-state index contributed by atoms with van der Waals surface area (Å²) >= 11 is 0. The molecule has 6 nitrogen and oxygen atoms in total. The maximum Gasteiger partial charge on any atom is 0.193 e. The minimum absolute atomic E-state index is 0. The first-order valence-corrected chi connectivity index (χ1v) is 8.72. The van der Waals surface area contributed by atoms with Crippen molar-refractivity contribution in [1.82, 2.24) is 10.2 Å². The van der Waals surface area contributed by atoms with E-state index in [1.54, 1.807) is 6.07 Å². The average Bonchev–Trinajstić information content (AvgIpc) is 2.59. The second-order valence-corrected chi connectivity index (χ2v) is 6.21. The van der Waals surface area contributed by atoms with E-state index in [0.717, 1.165) is 57.4 Å². The zero-order chi connectivity index (χ0) is 17.4. The molecule has 2 rings (SSSR count). The third-order valence-electron chi connectivity index (χ3n) is 4.07. The van der Waals surface area contributed by atoms with E-state index in [1.807, 2.05) is 25.2 Å². The predicted molar refractivity (Wildman–Crippen MR) is 114 cm³/mol. The van der Waals surface area contributed by atoms with Crippen molar-refractivity contribution in [3.63, 3.8) is 0 Å². The van der Waals surface area contributed by atoms with Gasteiger partial charge in [0.1, 0.15) is 5.75 Å². The number of halogens is 1. The minimum atomic E-state index is 0. The maximum atomic E-state index is 9.99. The first kappa shape index (κ1) is 21.8. The summed E-state index contributed by atoms with van der Waals surface area (Å²) in [7, 11) is 1.82. The van der Waals surface area contributed by atoms with Gasteiger partial charge in [0.2, 0.25) is 0 Å². The van der Waals surface area contributed by atoms with Crippen LogP contribution >= 0.6 is 24.0 Å². The molecule has 0 spiro atoms. The molecular weight excluding hydrogens is 431 g/mol. The highest BCUT2D eigenvalue weighted by atomic mass is 127. The van der Waals surface area contributed by atoms with Gasteiger partial charge >= 0.3 is 0 Å². The third kappa shape index (κ3) is 6.89. The molecule has 0 unspecified atom stereocenters. The van der Waals surface area contributed by atoms with Gasteiger partial charge in [-0.3, -0.25) is 4.99 Å². The summed E-state index contributed by atoms with van der Waals surface area (Å²) in [5.41, 5.74) is 0.908. The lowest BCUT2D eigenvalue weighted by Crippen LogP contribution is -2.52. The van der Waals surface area contributed by atoms with Crippen molar-refractivity contribution in [3.8, 4) is 5.75 Å². The Morgan fingerprint density at radius 3 is 2.52 bits per heavy atom. The van der Waals surface area contributed by atoms with E-state index in [0.29, 0.717) is 5.75 Å². The van der Waals surface area contributed by atoms with Gasteiger partial charge in [0.15, 0.2) is 5.96 Å². The SMILES string of the molecule is CN=C(NCCCOC(C)C)N1CCN(c2ccccc2O)CC1.I. The molecule has 0 aromatic heterocycles. The van der Waals surface area contributed by atoms with E-state index in [2.05, 4.69) is 34.0 Å². The van der Waals surface area contributed by atoms with Crippen LogP contribution in [0.4, 0.5) is 5.69 Å². The van der Waals surface area contributed by atoms with Crippen molar-refractivity contribution in [2.45, 2.75) is 26.4 Å². The fourth-order valence-corrected chi connectivity index (χ4v) is 2.81. The molecule has 0 amide bonds. The molecule has 1 fully saturated rings. The summed E-state index contributed by atoms with van der Waals surface area (Å²) in [6.07, 6.45) is 1.25. The number of guanidine groups is 1. The highest BCUT2D eigenvalue weighted by Gasteiger charge is 2.21. The Hall–Kier alpha value is -1.22. The van der Waals surface area contributed by atoms with Gasteiger partial charge in [-0.05, 0) is 32.4 Å². The molecule has 1 aliphatic heterocycles. The fourth-order valence-electron chi connectivity index (χ4n) is 2.81. The van der Waals surface area contributed by atoms with Crippen molar-refractivity contribution in [3.05, 3.63) is 24.3 Å². The molecule has 1 aromatic rings. The van der Waals surface area contributed by atoms with E-state index in [-0.39, 0.29) is 30.1 Å². The second-order valence-electron chi connectivity index (χ2n) is 6.21. The second kappa shape index (κ2) is 11.4. The lowest BCUT2D eigenvalue weighted by molar-refractivity contribution is 0.0775. The first-order chi connectivity index (χ1) is 11.6. The van der Waals surface area contributed by atoms with Crippen molar-refractivity contribution >= 4 is 35.6 Å². The molecule has 0 aliphatic carbocycles. The van der Waals surface area contributed by atoms with Crippen LogP contribution < -0.4 is 10.2 Å². The number of hydrogen-bond donors (Lipinski definition) is 2. The molecule has 142 valence electrons. The van der Waals surface area contributed by atoms with E-state index in [1.165, 1.54) is 0 Å². The van der Waals surface area contributed by atoms with Gasteiger partial charge in [-0.15, -0.1) is 24.0 Å². The summed E-state index contributed by atoms with van der Waals surface area (Å²) in [5.74, 6) is 1.29. The van der Waals surface area contributed by atoms with E-state index in [9.17, 15) is 5.11 Å². The number of rotatable bonds is 6. The topological polar surface area (TPSA) is 60.3 Å². The van der Waals surface area contributed by atoms with Crippen LogP contribution in [0.1, 0.15) is 20.3 Å². The van der Waals surface area contributed by atoms with Crippen molar-refractivity contribution in [1.29, 1.82) is 0 Å². The number of aliphatic imine (C=N–C) groups is 1. The van der Waals surface area contributed by atoms with Crippen molar-refractivity contribution < 1.29 is 9.84 Å². The summed E-state index contributed by atoms with van der Waals surface area (Å²) in [4.78, 5) is 8.86. The normalized spacial score (nSPS) is 15.3. The van der Waals surface area contributed by atoms with Gasteiger partial charge in [0, 0.05) is 46.4 Å². The van der Waals surface area contributed by atoms with Gasteiger partial charge in [-0.25, -0.2) is 0 Å². The summed E-state index contributed by atoms with van der Waals surface area (Å²) in [6, 6.07) is 7.51. The number of phenolic OH excluding ortho intramolecular Hbond substituents is 1.